The third-order valence-corrected chi connectivity index (χ3v) is 2.96. The van der Waals surface area contributed by atoms with Gasteiger partial charge in [-0.1, -0.05) is 26.0 Å². The third-order valence-electron chi connectivity index (χ3n) is 2.96. The number of nitro benzene ring substituents is 1. The quantitative estimate of drug-likeness (QED) is 0.619. The highest BCUT2D eigenvalue weighted by Crippen LogP contribution is 2.18. The van der Waals surface area contributed by atoms with Crippen molar-refractivity contribution in [3.8, 4) is 0 Å². The Bertz CT molecular complexity index is 387. The fourth-order valence-electron chi connectivity index (χ4n) is 2.18. The van der Waals surface area contributed by atoms with E-state index in [0.717, 1.165) is 12.0 Å². The molecule has 2 atom stereocenters. The van der Waals surface area contributed by atoms with E-state index in [1.807, 2.05) is 12.1 Å². The molecule has 0 radical (unpaired) electrons. The van der Waals surface area contributed by atoms with Crippen LogP contribution in [0.25, 0.3) is 0 Å². The first kappa shape index (κ1) is 14.6. The van der Waals surface area contributed by atoms with Crippen LogP contribution in [0.15, 0.2) is 24.3 Å². The normalized spacial score (nSPS) is 14.5. The van der Waals surface area contributed by atoms with Crippen molar-refractivity contribution in [3.05, 3.63) is 39.9 Å². The van der Waals surface area contributed by atoms with Gasteiger partial charge in [-0.3, -0.25) is 10.1 Å². The van der Waals surface area contributed by atoms with Gasteiger partial charge in [-0.2, -0.15) is 0 Å². The fourth-order valence-corrected chi connectivity index (χ4v) is 2.18. The van der Waals surface area contributed by atoms with Crippen LogP contribution in [0, 0.1) is 16.0 Å². The highest BCUT2D eigenvalue weighted by molar-refractivity contribution is 5.34. The summed E-state index contributed by atoms with van der Waals surface area (Å²) in [6.07, 6.45) is 1.12. The topological polar surface area (TPSA) is 55.2 Å². The Kier molecular flexibility index (Phi) is 5.28. The predicted octanol–water partition coefficient (Wildman–Crippen LogP) is 3.68. The van der Waals surface area contributed by atoms with Gasteiger partial charge in [-0.25, -0.2) is 0 Å². The lowest BCUT2D eigenvalue weighted by atomic mass is 10.0. The Morgan fingerprint density at radius 3 is 2.17 bits per heavy atom. The van der Waals surface area contributed by atoms with Crippen molar-refractivity contribution in [3.63, 3.8) is 0 Å². The molecule has 100 valence electrons. The molecule has 0 saturated carbocycles. The Balaban J connectivity index is 2.61. The van der Waals surface area contributed by atoms with Gasteiger partial charge in [0.1, 0.15) is 0 Å². The van der Waals surface area contributed by atoms with Crippen molar-refractivity contribution >= 4 is 5.69 Å². The van der Waals surface area contributed by atoms with E-state index in [-0.39, 0.29) is 16.7 Å². The molecule has 0 amide bonds. The highest BCUT2D eigenvalue weighted by atomic mass is 16.6. The van der Waals surface area contributed by atoms with Gasteiger partial charge < -0.3 is 5.32 Å². The van der Waals surface area contributed by atoms with E-state index in [1.165, 1.54) is 0 Å². The molecular weight excluding hydrogens is 228 g/mol. The number of nitro groups is 1. The summed E-state index contributed by atoms with van der Waals surface area (Å²) in [6.45, 7) is 8.66. The van der Waals surface area contributed by atoms with Crippen LogP contribution in [0.4, 0.5) is 5.69 Å². The summed E-state index contributed by atoms with van der Waals surface area (Å²) in [5, 5.41) is 14.1. The Hall–Kier alpha value is -1.42. The molecule has 0 aliphatic rings. The molecule has 0 fully saturated rings. The van der Waals surface area contributed by atoms with E-state index in [2.05, 4.69) is 33.0 Å². The van der Waals surface area contributed by atoms with Gasteiger partial charge in [0, 0.05) is 24.2 Å². The molecule has 0 bridgehead atoms. The molecule has 0 aliphatic carbocycles. The van der Waals surface area contributed by atoms with E-state index in [0.29, 0.717) is 12.0 Å². The van der Waals surface area contributed by atoms with E-state index in [1.54, 1.807) is 12.1 Å². The number of hydrogen-bond donors (Lipinski definition) is 1. The number of rotatable bonds is 6. The maximum atomic E-state index is 10.6. The van der Waals surface area contributed by atoms with Crippen molar-refractivity contribution in [2.45, 2.75) is 46.2 Å². The van der Waals surface area contributed by atoms with Crippen LogP contribution in [0.2, 0.25) is 0 Å². The molecule has 4 heteroatoms. The third kappa shape index (κ3) is 4.45. The molecule has 0 aliphatic heterocycles. The highest BCUT2D eigenvalue weighted by Gasteiger charge is 2.12. The SMILES string of the molecule is CC(C)CC(C)NC(C)c1ccc([N+](=O)[O-])cc1. The fraction of sp³-hybridized carbons (Fsp3) is 0.571. The van der Waals surface area contributed by atoms with Gasteiger partial charge in [0.25, 0.3) is 5.69 Å². The zero-order chi connectivity index (χ0) is 13.7. The zero-order valence-corrected chi connectivity index (χ0v) is 11.5. The number of hydrogen-bond acceptors (Lipinski definition) is 3. The zero-order valence-electron chi connectivity index (χ0n) is 11.5. The van der Waals surface area contributed by atoms with E-state index < -0.39 is 0 Å². The van der Waals surface area contributed by atoms with Crippen LogP contribution < -0.4 is 5.32 Å². The average Bonchev–Trinajstić information content (AvgIpc) is 2.27. The molecule has 0 heterocycles. The Labute approximate surface area is 109 Å². The van der Waals surface area contributed by atoms with Crippen molar-refractivity contribution in [2.24, 2.45) is 5.92 Å². The Morgan fingerprint density at radius 1 is 1.17 bits per heavy atom. The standard InChI is InChI=1S/C14H22N2O2/c1-10(2)9-11(3)15-12(4)13-5-7-14(8-6-13)16(17)18/h5-8,10-12,15H,9H2,1-4H3. The second kappa shape index (κ2) is 6.50. The number of nitrogens with one attached hydrogen (secondary N) is 1. The van der Waals surface area contributed by atoms with Gasteiger partial charge in [0.2, 0.25) is 0 Å². The maximum absolute atomic E-state index is 10.6. The predicted molar refractivity (Wildman–Crippen MR) is 73.6 cm³/mol. The molecule has 0 saturated heterocycles. The van der Waals surface area contributed by atoms with Crippen molar-refractivity contribution in [1.29, 1.82) is 0 Å². The molecule has 2 unspecified atom stereocenters. The van der Waals surface area contributed by atoms with E-state index in [4.69, 9.17) is 0 Å². The minimum absolute atomic E-state index is 0.140. The van der Waals surface area contributed by atoms with Crippen LogP contribution in [0.1, 0.15) is 45.7 Å². The van der Waals surface area contributed by atoms with Crippen molar-refractivity contribution in [1.82, 2.24) is 5.32 Å². The summed E-state index contributed by atoms with van der Waals surface area (Å²) >= 11 is 0. The van der Waals surface area contributed by atoms with Crippen molar-refractivity contribution in [2.75, 3.05) is 0 Å². The summed E-state index contributed by atoms with van der Waals surface area (Å²) in [5.74, 6) is 0.663. The van der Waals surface area contributed by atoms with Crippen LogP contribution in [0.3, 0.4) is 0 Å². The van der Waals surface area contributed by atoms with Gasteiger partial charge in [-0.05, 0) is 31.7 Å². The second-order valence-corrected chi connectivity index (χ2v) is 5.27. The summed E-state index contributed by atoms with van der Waals surface area (Å²) < 4.78 is 0. The number of benzene rings is 1. The smallest absolute Gasteiger partial charge is 0.269 e. The summed E-state index contributed by atoms with van der Waals surface area (Å²) in [5.41, 5.74) is 1.22. The van der Waals surface area contributed by atoms with Gasteiger partial charge in [0.05, 0.1) is 4.92 Å². The molecule has 1 rings (SSSR count). The molecule has 0 aromatic heterocycles. The summed E-state index contributed by atoms with van der Waals surface area (Å²) in [7, 11) is 0. The summed E-state index contributed by atoms with van der Waals surface area (Å²) in [6, 6.07) is 7.39. The molecule has 4 nitrogen and oxygen atoms in total. The van der Waals surface area contributed by atoms with Crippen LogP contribution in [0.5, 0.6) is 0 Å². The molecule has 1 aromatic rings. The lowest BCUT2D eigenvalue weighted by molar-refractivity contribution is -0.384. The summed E-state index contributed by atoms with van der Waals surface area (Å²) in [4.78, 5) is 10.2. The average molecular weight is 250 g/mol. The number of non-ortho nitro benzene ring substituents is 1. The first-order valence-electron chi connectivity index (χ1n) is 6.40. The van der Waals surface area contributed by atoms with Crippen LogP contribution in [-0.2, 0) is 0 Å². The van der Waals surface area contributed by atoms with Crippen LogP contribution in [-0.4, -0.2) is 11.0 Å². The number of nitrogens with zero attached hydrogens (tertiary/aromatic N) is 1. The maximum Gasteiger partial charge on any atom is 0.269 e. The second-order valence-electron chi connectivity index (χ2n) is 5.27. The largest absolute Gasteiger partial charge is 0.308 e. The van der Waals surface area contributed by atoms with Crippen molar-refractivity contribution < 1.29 is 4.92 Å². The van der Waals surface area contributed by atoms with E-state index >= 15 is 0 Å². The van der Waals surface area contributed by atoms with E-state index in [9.17, 15) is 10.1 Å². The first-order valence-corrected chi connectivity index (χ1v) is 6.40. The first-order chi connectivity index (χ1) is 8.40. The van der Waals surface area contributed by atoms with Gasteiger partial charge >= 0.3 is 0 Å². The van der Waals surface area contributed by atoms with Gasteiger partial charge in [0.15, 0.2) is 0 Å². The molecule has 18 heavy (non-hydrogen) atoms. The van der Waals surface area contributed by atoms with Gasteiger partial charge in [-0.15, -0.1) is 0 Å². The molecule has 1 N–H and O–H groups in total. The molecular formula is C14H22N2O2. The lowest BCUT2D eigenvalue weighted by Gasteiger charge is -2.21. The molecule has 0 spiro atoms. The Morgan fingerprint density at radius 2 is 1.72 bits per heavy atom. The van der Waals surface area contributed by atoms with Crippen LogP contribution >= 0.6 is 0 Å². The monoisotopic (exact) mass is 250 g/mol. The lowest BCUT2D eigenvalue weighted by Crippen LogP contribution is -2.30. The molecule has 1 aromatic carbocycles. The minimum atomic E-state index is -0.372. The minimum Gasteiger partial charge on any atom is -0.308 e.